The third-order valence-corrected chi connectivity index (χ3v) is 3.13. The number of rotatable bonds is 2. The van der Waals surface area contributed by atoms with E-state index in [1.807, 2.05) is 6.20 Å². The SMILES string of the molecule is Cc1ccc2cnc(N[C@@H]3CCNC3)nc2c1. The summed E-state index contributed by atoms with van der Waals surface area (Å²) in [4.78, 5) is 8.90. The summed E-state index contributed by atoms with van der Waals surface area (Å²) in [5.74, 6) is 0.733. The van der Waals surface area contributed by atoms with Crippen LogP contribution in [0.3, 0.4) is 0 Å². The summed E-state index contributed by atoms with van der Waals surface area (Å²) in [5, 5.41) is 7.78. The maximum Gasteiger partial charge on any atom is 0.223 e. The molecule has 0 bridgehead atoms. The monoisotopic (exact) mass is 228 g/mol. The van der Waals surface area contributed by atoms with E-state index in [1.165, 1.54) is 5.56 Å². The van der Waals surface area contributed by atoms with Gasteiger partial charge in [0, 0.05) is 24.2 Å². The molecule has 1 aromatic carbocycles. The molecule has 0 unspecified atom stereocenters. The maximum atomic E-state index is 4.55. The van der Waals surface area contributed by atoms with Crippen LogP contribution in [0.25, 0.3) is 10.9 Å². The van der Waals surface area contributed by atoms with E-state index in [0.717, 1.165) is 36.4 Å². The molecule has 4 heteroatoms. The number of hydrogen-bond donors (Lipinski definition) is 2. The summed E-state index contributed by atoms with van der Waals surface area (Å²) in [6.45, 7) is 4.15. The predicted octanol–water partition coefficient (Wildman–Crippen LogP) is 1.71. The Labute approximate surface area is 100 Å². The Morgan fingerprint density at radius 3 is 3.18 bits per heavy atom. The predicted molar refractivity (Wildman–Crippen MR) is 69.2 cm³/mol. The molecule has 1 fully saturated rings. The molecule has 1 atom stereocenters. The molecule has 0 amide bonds. The van der Waals surface area contributed by atoms with E-state index in [2.05, 4.69) is 45.7 Å². The van der Waals surface area contributed by atoms with Crippen molar-refractivity contribution in [3.8, 4) is 0 Å². The van der Waals surface area contributed by atoms with Gasteiger partial charge < -0.3 is 10.6 Å². The fourth-order valence-electron chi connectivity index (χ4n) is 2.16. The Morgan fingerprint density at radius 1 is 1.41 bits per heavy atom. The molecule has 4 nitrogen and oxygen atoms in total. The molecular formula is C13H16N4. The number of fused-ring (bicyclic) bond motifs is 1. The molecule has 88 valence electrons. The van der Waals surface area contributed by atoms with Crippen LogP contribution in [-0.4, -0.2) is 29.1 Å². The Hall–Kier alpha value is -1.68. The lowest BCUT2D eigenvalue weighted by atomic mass is 10.2. The van der Waals surface area contributed by atoms with Gasteiger partial charge in [-0.3, -0.25) is 0 Å². The molecule has 2 N–H and O–H groups in total. The lowest BCUT2D eigenvalue weighted by molar-refractivity contribution is 0.782. The summed E-state index contributed by atoms with van der Waals surface area (Å²) < 4.78 is 0. The minimum absolute atomic E-state index is 0.456. The maximum absolute atomic E-state index is 4.55. The van der Waals surface area contributed by atoms with Gasteiger partial charge in [-0.1, -0.05) is 12.1 Å². The molecule has 3 rings (SSSR count). The van der Waals surface area contributed by atoms with Crippen molar-refractivity contribution in [1.29, 1.82) is 0 Å². The Balaban J connectivity index is 1.89. The van der Waals surface area contributed by atoms with E-state index in [0.29, 0.717) is 6.04 Å². The molecule has 1 aliphatic rings. The van der Waals surface area contributed by atoms with E-state index >= 15 is 0 Å². The molecule has 1 saturated heterocycles. The van der Waals surface area contributed by atoms with Gasteiger partial charge >= 0.3 is 0 Å². The highest BCUT2D eigenvalue weighted by molar-refractivity contribution is 5.79. The van der Waals surface area contributed by atoms with Crippen LogP contribution >= 0.6 is 0 Å². The van der Waals surface area contributed by atoms with Gasteiger partial charge in [0.1, 0.15) is 0 Å². The second kappa shape index (κ2) is 4.30. The third kappa shape index (κ3) is 2.22. The highest BCUT2D eigenvalue weighted by Gasteiger charge is 2.14. The van der Waals surface area contributed by atoms with Crippen LogP contribution in [-0.2, 0) is 0 Å². The van der Waals surface area contributed by atoms with Gasteiger partial charge in [0.15, 0.2) is 0 Å². The average Bonchev–Trinajstić information content (AvgIpc) is 2.81. The first-order valence-corrected chi connectivity index (χ1v) is 6.02. The molecule has 2 aromatic rings. The van der Waals surface area contributed by atoms with E-state index in [9.17, 15) is 0 Å². The molecular weight excluding hydrogens is 212 g/mol. The number of hydrogen-bond acceptors (Lipinski definition) is 4. The van der Waals surface area contributed by atoms with Gasteiger partial charge in [-0.25, -0.2) is 9.97 Å². The fourth-order valence-corrected chi connectivity index (χ4v) is 2.16. The molecule has 1 aliphatic heterocycles. The van der Waals surface area contributed by atoms with Crippen LogP contribution in [0.4, 0.5) is 5.95 Å². The van der Waals surface area contributed by atoms with Crippen LogP contribution in [0.2, 0.25) is 0 Å². The van der Waals surface area contributed by atoms with Crippen LogP contribution in [0.5, 0.6) is 0 Å². The van der Waals surface area contributed by atoms with Gasteiger partial charge in [0.05, 0.1) is 5.52 Å². The summed E-state index contributed by atoms with van der Waals surface area (Å²) in [7, 11) is 0. The minimum atomic E-state index is 0.456. The minimum Gasteiger partial charge on any atom is -0.350 e. The molecule has 2 heterocycles. The van der Waals surface area contributed by atoms with E-state index < -0.39 is 0 Å². The van der Waals surface area contributed by atoms with Gasteiger partial charge in [-0.2, -0.15) is 0 Å². The van der Waals surface area contributed by atoms with Crippen molar-refractivity contribution in [1.82, 2.24) is 15.3 Å². The van der Waals surface area contributed by atoms with E-state index in [4.69, 9.17) is 0 Å². The Bertz CT molecular complexity index is 532. The second-order valence-electron chi connectivity index (χ2n) is 4.59. The zero-order valence-corrected chi connectivity index (χ0v) is 9.90. The number of aryl methyl sites for hydroxylation is 1. The number of aromatic nitrogens is 2. The van der Waals surface area contributed by atoms with Crippen molar-refractivity contribution in [2.75, 3.05) is 18.4 Å². The van der Waals surface area contributed by atoms with E-state index in [-0.39, 0.29) is 0 Å². The van der Waals surface area contributed by atoms with Gasteiger partial charge in [-0.15, -0.1) is 0 Å². The molecule has 0 radical (unpaired) electrons. The summed E-state index contributed by atoms with van der Waals surface area (Å²) >= 11 is 0. The fraction of sp³-hybridized carbons (Fsp3) is 0.385. The van der Waals surface area contributed by atoms with E-state index in [1.54, 1.807) is 0 Å². The zero-order valence-electron chi connectivity index (χ0n) is 9.90. The number of nitrogens with zero attached hydrogens (tertiary/aromatic N) is 2. The second-order valence-corrected chi connectivity index (χ2v) is 4.59. The first kappa shape index (κ1) is 10.5. The van der Waals surface area contributed by atoms with Crippen LogP contribution in [0.1, 0.15) is 12.0 Å². The zero-order chi connectivity index (χ0) is 11.7. The van der Waals surface area contributed by atoms with Crippen molar-refractivity contribution in [3.63, 3.8) is 0 Å². The number of benzene rings is 1. The number of nitrogens with one attached hydrogen (secondary N) is 2. The van der Waals surface area contributed by atoms with Crippen molar-refractivity contribution in [3.05, 3.63) is 30.0 Å². The highest BCUT2D eigenvalue weighted by atomic mass is 15.1. The molecule has 0 saturated carbocycles. The summed E-state index contributed by atoms with van der Waals surface area (Å²) in [6.07, 6.45) is 3.02. The van der Waals surface area contributed by atoms with Gasteiger partial charge in [0.25, 0.3) is 0 Å². The van der Waals surface area contributed by atoms with Gasteiger partial charge in [0.2, 0.25) is 5.95 Å². The summed E-state index contributed by atoms with van der Waals surface area (Å²) in [5.41, 5.74) is 2.23. The van der Waals surface area contributed by atoms with Crippen LogP contribution in [0, 0.1) is 6.92 Å². The standard InChI is InChI=1S/C13H16N4/c1-9-2-3-10-7-15-13(17-12(10)6-9)16-11-4-5-14-8-11/h2-3,6-7,11,14H,4-5,8H2,1H3,(H,15,16,17)/t11-/m1/s1. The molecule has 1 aromatic heterocycles. The van der Waals surface area contributed by atoms with Crippen molar-refractivity contribution in [2.24, 2.45) is 0 Å². The third-order valence-electron chi connectivity index (χ3n) is 3.13. The smallest absolute Gasteiger partial charge is 0.223 e. The molecule has 0 aliphatic carbocycles. The first-order valence-electron chi connectivity index (χ1n) is 6.02. The highest BCUT2D eigenvalue weighted by Crippen LogP contribution is 2.15. The topological polar surface area (TPSA) is 49.8 Å². The van der Waals surface area contributed by atoms with Gasteiger partial charge in [-0.05, 0) is 31.5 Å². The van der Waals surface area contributed by atoms with Crippen LogP contribution < -0.4 is 10.6 Å². The van der Waals surface area contributed by atoms with Crippen LogP contribution in [0.15, 0.2) is 24.4 Å². The quantitative estimate of drug-likeness (QED) is 0.821. The lowest BCUT2D eigenvalue weighted by Crippen LogP contribution is -2.23. The first-order chi connectivity index (χ1) is 8.31. The molecule has 17 heavy (non-hydrogen) atoms. The normalized spacial score (nSPS) is 19.7. The van der Waals surface area contributed by atoms with Crippen molar-refractivity contribution >= 4 is 16.9 Å². The largest absolute Gasteiger partial charge is 0.350 e. The number of anilines is 1. The Kier molecular flexibility index (Phi) is 2.65. The van der Waals surface area contributed by atoms with Crippen molar-refractivity contribution in [2.45, 2.75) is 19.4 Å². The Morgan fingerprint density at radius 2 is 2.35 bits per heavy atom. The summed E-state index contributed by atoms with van der Waals surface area (Å²) in [6, 6.07) is 6.69. The average molecular weight is 228 g/mol. The van der Waals surface area contributed by atoms with Crippen molar-refractivity contribution < 1.29 is 0 Å². The lowest BCUT2D eigenvalue weighted by Gasteiger charge is -2.11. The molecule has 0 spiro atoms.